The first kappa shape index (κ1) is 20.6. The first-order valence-electron chi connectivity index (χ1n) is 9.15. The lowest BCUT2D eigenvalue weighted by molar-refractivity contribution is -0.137. The molecule has 2 heterocycles. The molecule has 3 aromatic rings. The van der Waals surface area contributed by atoms with Crippen molar-refractivity contribution in [2.24, 2.45) is 0 Å². The van der Waals surface area contributed by atoms with Crippen molar-refractivity contribution in [1.29, 1.82) is 0 Å². The van der Waals surface area contributed by atoms with E-state index in [0.717, 1.165) is 34.8 Å². The maximum absolute atomic E-state index is 12.8. The van der Waals surface area contributed by atoms with Crippen LogP contribution in [-0.4, -0.2) is 20.7 Å². The van der Waals surface area contributed by atoms with Crippen molar-refractivity contribution in [1.82, 2.24) is 20.1 Å². The molecule has 0 unspecified atom stereocenters. The quantitative estimate of drug-likeness (QED) is 0.674. The number of rotatable bonds is 6. The summed E-state index contributed by atoms with van der Waals surface area (Å²) in [4.78, 5) is 16.3. The number of pyridine rings is 1. The molecule has 0 saturated heterocycles. The highest BCUT2D eigenvalue weighted by Gasteiger charge is 2.30. The average molecular weight is 402 g/mol. The van der Waals surface area contributed by atoms with Crippen LogP contribution in [0, 0.1) is 13.8 Å². The number of carbonyl (C=O) groups is 1. The summed E-state index contributed by atoms with van der Waals surface area (Å²) in [5, 5.41) is 7.27. The topological polar surface area (TPSA) is 59.8 Å². The highest BCUT2D eigenvalue weighted by atomic mass is 19.4. The third-order valence-corrected chi connectivity index (χ3v) is 4.68. The molecule has 8 heteroatoms. The summed E-state index contributed by atoms with van der Waals surface area (Å²) in [6, 6.07) is 10.4. The molecule has 0 bridgehead atoms. The monoisotopic (exact) mass is 402 g/mol. The summed E-state index contributed by atoms with van der Waals surface area (Å²) < 4.78 is 39.9. The number of hydrogen-bond donors (Lipinski definition) is 1. The Kier molecular flexibility index (Phi) is 6.00. The number of benzene rings is 1. The number of aromatic nitrogens is 3. The van der Waals surface area contributed by atoms with Crippen LogP contribution in [0.5, 0.6) is 0 Å². The summed E-state index contributed by atoms with van der Waals surface area (Å²) in [5.41, 5.74) is 3.10. The summed E-state index contributed by atoms with van der Waals surface area (Å²) in [7, 11) is 0. The number of hydrogen-bond acceptors (Lipinski definition) is 3. The van der Waals surface area contributed by atoms with Crippen LogP contribution in [-0.2, 0) is 23.9 Å². The van der Waals surface area contributed by atoms with Gasteiger partial charge in [-0.2, -0.15) is 18.3 Å². The number of nitrogens with one attached hydrogen (secondary N) is 1. The van der Waals surface area contributed by atoms with Crippen LogP contribution in [0.15, 0.2) is 48.7 Å². The van der Waals surface area contributed by atoms with Gasteiger partial charge in [0.05, 0.1) is 29.2 Å². The first-order chi connectivity index (χ1) is 13.8. The maximum Gasteiger partial charge on any atom is 0.416 e. The van der Waals surface area contributed by atoms with Gasteiger partial charge in [0.15, 0.2) is 0 Å². The molecule has 0 radical (unpaired) electrons. The average Bonchev–Trinajstić information content (AvgIpc) is 2.98. The number of amides is 1. The van der Waals surface area contributed by atoms with E-state index < -0.39 is 11.7 Å². The number of halogens is 3. The van der Waals surface area contributed by atoms with Crippen molar-refractivity contribution in [2.45, 2.75) is 39.4 Å². The SMILES string of the molecule is Cc1nn(-c2ccc(C(F)(F)F)cc2)c(C)c1CCC(=O)NCc1ccccn1. The van der Waals surface area contributed by atoms with Gasteiger partial charge in [0.2, 0.25) is 5.91 Å². The molecule has 1 aromatic carbocycles. The Hall–Kier alpha value is -3.16. The van der Waals surface area contributed by atoms with E-state index in [1.165, 1.54) is 12.1 Å². The van der Waals surface area contributed by atoms with Crippen LogP contribution in [0.3, 0.4) is 0 Å². The highest BCUT2D eigenvalue weighted by Crippen LogP contribution is 2.30. The molecule has 0 aliphatic rings. The second-order valence-electron chi connectivity index (χ2n) is 6.70. The Morgan fingerprint density at radius 2 is 1.83 bits per heavy atom. The van der Waals surface area contributed by atoms with Crippen LogP contribution < -0.4 is 5.32 Å². The van der Waals surface area contributed by atoms with Gasteiger partial charge in [-0.3, -0.25) is 9.78 Å². The third kappa shape index (κ3) is 5.01. The van der Waals surface area contributed by atoms with Crippen LogP contribution in [0.25, 0.3) is 5.69 Å². The fraction of sp³-hybridized carbons (Fsp3) is 0.286. The molecule has 0 aliphatic carbocycles. The molecule has 5 nitrogen and oxygen atoms in total. The predicted molar refractivity (Wildman–Crippen MR) is 102 cm³/mol. The Balaban J connectivity index is 1.65. The van der Waals surface area contributed by atoms with Crippen LogP contribution >= 0.6 is 0 Å². The van der Waals surface area contributed by atoms with Crippen molar-refractivity contribution in [3.8, 4) is 5.69 Å². The zero-order valence-electron chi connectivity index (χ0n) is 16.1. The lowest BCUT2D eigenvalue weighted by Crippen LogP contribution is -2.23. The van der Waals surface area contributed by atoms with E-state index in [9.17, 15) is 18.0 Å². The van der Waals surface area contributed by atoms with E-state index in [0.29, 0.717) is 18.7 Å². The Morgan fingerprint density at radius 3 is 2.45 bits per heavy atom. The van der Waals surface area contributed by atoms with Gasteiger partial charge in [0, 0.05) is 18.3 Å². The van der Waals surface area contributed by atoms with Crippen molar-refractivity contribution in [3.63, 3.8) is 0 Å². The largest absolute Gasteiger partial charge is 0.416 e. The molecular formula is C21H21F3N4O. The molecule has 0 aliphatic heterocycles. The minimum Gasteiger partial charge on any atom is -0.350 e. The standard InChI is InChI=1S/C21H21F3N4O/c1-14-19(10-11-20(29)26-13-17-5-3-4-12-25-17)15(2)28(27-14)18-8-6-16(7-9-18)21(22,23)24/h3-9,12H,10-11,13H2,1-2H3,(H,26,29). The number of aryl methyl sites for hydroxylation is 1. The number of carbonyl (C=O) groups excluding carboxylic acids is 1. The summed E-state index contributed by atoms with van der Waals surface area (Å²) in [6.45, 7) is 4.04. The normalized spacial score (nSPS) is 11.5. The van der Waals surface area contributed by atoms with E-state index in [2.05, 4.69) is 15.4 Å². The number of alkyl halides is 3. The maximum atomic E-state index is 12.8. The minimum atomic E-state index is -4.37. The fourth-order valence-electron chi connectivity index (χ4n) is 3.10. The van der Waals surface area contributed by atoms with E-state index in [1.807, 2.05) is 32.0 Å². The number of nitrogens with zero attached hydrogens (tertiary/aromatic N) is 3. The van der Waals surface area contributed by atoms with E-state index in [-0.39, 0.29) is 12.3 Å². The molecule has 0 atom stereocenters. The summed E-state index contributed by atoms with van der Waals surface area (Å²) >= 11 is 0. The molecule has 0 fully saturated rings. The molecule has 2 aromatic heterocycles. The van der Waals surface area contributed by atoms with Gasteiger partial charge in [-0.25, -0.2) is 4.68 Å². The second-order valence-corrected chi connectivity index (χ2v) is 6.70. The van der Waals surface area contributed by atoms with Gasteiger partial charge >= 0.3 is 6.18 Å². The van der Waals surface area contributed by atoms with Crippen LogP contribution in [0.4, 0.5) is 13.2 Å². The molecule has 0 saturated carbocycles. The fourth-order valence-corrected chi connectivity index (χ4v) is 3.10. The molecule has 1 amide bonds. The van der Waals surface area contributed by atoms with Gasteiger partial charge in [-0.05, 0) is 62.2 Å². The van der Waals surface area contributed by atoms with E-state index in [4.69, 9.17) is 0 Å². The smallest absolute Gasteiger partial charge is 0.350 e. The van der Waals surface area contributed by atoms with Gasteiger partial charge < -0.3 is 5.32 Å². The molecule has 3 rings (SSSR count). The molecule has 1 N–H and O–H groups in total. The summed E-state index contributed by atoms with van der Waals surface area (Å²) in [6.07, 6.45) is -1.93. The Morgan fingerprint density at radius 1 is 1.10 bits per heavy atom. The van der Waals surface area contributed by atoms with Gasteiger partial charge in [0.1, 0.15) is 0 Å². The van der Waals surface area contributed by atoms with Gasteiger partial charge in [0.25, 0.3) is 0 Å². The second kappa shape index (κ2) is 8.46. The molecular weight excluding hydrogens is 381 g/mol. The minimum absolute atomic E-state index is 0.100. The van der Waals surface area contributed by atoms with Crippen molar-refractivity contribution >= 4 is 5.91 Å². The van der Waals surface area contributed by atoms with Crippen molar-refractivity contribution < 1.29 is 18.0 Å². The van der Waals surface area contributed by atoms with Crippen LogP contribution in [0.2, 0.25) is 0 Å². The van der Waals surface area contributed by atoms with E-state index >= 15 is 0 Å². The van der Waals surface area contributed by atoms with Crippen molar-refractivity contribution in [3.05, 3.63) is 76.9 Å². The molecule has 0 spiro atoms. The lowest BCUT2D eigenvalue weighted by Gasteiger charge is -2.09. The first-order valence-corrected chi connectivity index (χ1v) is 9.15. The Labute approximate surface area is 166 Å². The van der Waals surface area contributed by atoms with Crippen molar-refractivity contribution in [2.75, 3.05) is 0 Å². The zero-order valence-corrected chi connectivity index (χ0v) is 16.1. The van der Waals surface area contributed by atoms with Gasteiger partial charge in [-0.15, -0.1) is 0 Å². The predicted octanol–water partition coefficient (Wildman–Crippen LogP) is 4.15. The lowest BCUT2D eigenvalue weighted by atomic mass is 10.1. The highest BCUT2D eigenvalue weighted by molar-refractivity contribution is 5.76. The van der Waals surface area contributed by atoms with Gasteiger partial charge in [-0.1, -0.05) is 6.07 Å². The summed E-state index contributed by atoms with van der Waals surface area (Å²) in [5.74, 6) is -0.100. The van der Waals surface area contributed by atoms with Crippen LogP contribution in [0.1, 0.15) is 34.6 Å². The third-order valence-electron chi connectivity index (χ3n) is 4.68. The van der Waals surface area contributed by atoms with E-state index in [1.54, 1.807) is 10.9 Å². The zero-order chi connectivity index (χ0) is 21.0. The molecule has 29 heavy (non-hydrogen) atoms. The Bertz CT molecular complexity index is 980. The molecule has 152 valence electrons.